The van der Waals surface area contributed by atoms with Gasteiger partial charge in [0.1, 0.15) is 0 Å². The highest BCUT2D eigenvalue weighted by atomic mass is 14.0. The second-order valence-electron chi connectivity index (χ2n) is 4.88. The molecule has 100 valence electrons. The monoisotopic (exact) mass is 236 g/mol. The Balaban J connectivity index is 3.03. The van der Waals surface area contributed by atoms with Crippen LogP contribution >= 0.6 is 0 Å². The minimum atomic E-state index is 1.14. The average Bonchev–Trinajstić information content (AvgIpc) is 2.35. The zero-order valence-electron chi connectivity index (χ0n) is 12.1. The van der Waals surface area contributed by atoms with Gasteiger partial charge in [0.05, 0.1) is 0 Å². The van der Waals surface area contributed by atoms with Gasteiger partial charge in [0.25, 0.3) is 0 Å². The highest BCUT2D eigenvalue weighted by Crippen LogP contribution is 2.10. The Kier molecular flexibility index (Phi) is 15.0. The van der Waals surface area contributed by atoms with Crippen LogP contribution in [0.5, 0.6) is 0 Å². The fraction of sp³-hybridized carbons (Fsp3) is 0.765. The highest BCUT2D eigenvalue weighted by molar-refractivity contribution is 5.01. The Morgan fingerprint density at radius 1 is 0.588 bits per heavy atom. The highest BCUT2D eigenvalue weighted by Gasteiger charge is 1.90. The lowest BCUT2D eigenvalue weighted by molar-refractivity contribution is 0.566. The standard InChI is InChI=1S/C17H32/c1-3-5-7-9-11-13-15-17-16-14-12-10-8-6-4-2/h5,7,9,11H,3-4,6,8,10,12-17H2,1-2H3/b7-5+,11-9+. The molecule has 0 saturated carbocycles. The van der Waals surface area contributed by atoms with Crippen LogP contribution in [0, 0.1) is 0 Å². The molecule has 0 fully saturated rings. The Morgan fingerprint density at radius 2 is 1.12 bits per heavy atom. The molecule has 0 heterocycles. The van der Waals surface area contributed by atoms with Gasteiger partial charge in [0.15, 0.2) is 0 Å². The molecule has 0 heteroatoms. The summed E-state index contributed by atoms with van der Waals surface area (Å²) in [5.41, 5.74) is 0. The molecule has 0 nitrogen and oxygen atoms in total. The quantitative estimate of drug-likeness (QED) is 0.270. The molecule has 0 radical (unpaired) electrons. The maximum absolute atomic E-state index is 2.30. The number of unbranched alkanes of at least 4 members (excludes halogenated alkanes) is 9. The molecule has 0 aliphatic rings. The van der Waals surface area contributed by atoms with E-state index in [1.807, 2.05) is 0 Å². The van der Waals surface area contributed by atoms with Crippen LogP contribution in [0.2, 0.25) is 0 Å². The Labute approximate surface area is 109 Å². The number of hydrogen-bond acceptors (Lipinski definition) is 0. The molecule has 0 aliphatic heterocycles. The molecular formula is C17H32. The summed E-state index contributed by atoms with van der Waals surface area (Å²) in [7, 11) is 0. The molecule has 0 bridgehead atoms. The van der Waals surface area contributed by atoms with Crippen molar-refractivity contribution in [2.45, 2.75) is 84.5 Å². The van der Waals surface area contributed by atoms with Crippen LogP contribution in [0.1, 0.15) is 84.5 Å². The molecule has 0 amide bonds. The predicted octanol–water partition coefficient (Wildman–Crippen LogP) is 6.43. The van der Waals surface area contributed by atoms with E-state index in [0.717, 1.165) is 6.42 Å². The van der Waals surface area contributed by atoms with Gasteiger partial charge in [-0.3, -0.25) is 0 Å². The summed E-state index contributed by atoms with van der Waals surface area (Å²) >= 11 is 0. The second kappa shape index (κ2) is 15.5. The molecule has 0 aliphatic carbocycles. The third-order valence-corrected chi connectivity index (χ3v) is 3.09. The summed E-state index contributed by atoms with van der Waals surface area (Å²) in [6.45, 7) is 4.45. The average molecular weight is 236 g/mol. The maximum Gasteiger partial charge on any atom is -0.0348 e. The third kappa shape index (κ3) is 15.5. The first-order valence-electron chi connectivity index (χ1n) is 7.73. The van der Waals surface area contributed by atoms with E-state index in [-0.39, 0.29) is 0 Å². The molecule has 0 saturated heterocycles. The summed E-state index contributed by atoms with van der Waals surface area (Å²) in [6, 6.07) is 0. The molecule has 0 spiro atoms. The van der Waals surface area contributed by atoms with Gasteiger partial charge in [0, 0.05) is 0 Å². The third-order valence-electron chi connectivity index (χ3n) is 3.09. The summed E-state index contributed by atoms with van der Waals surface area (Å²) in [4.78, 5) is 0. The van der Waals surface area contributed by atoms with Crippen molar-refractivity contribution in [2.24, 2.45) is 0 Å². The largest absolute Gasteiger partial charge is 0.0848 e. The number of hydrogen-bond donors (Lipinski definition) is 0. The first kappa shape index (κ1) is 16.5. The van der Waals surface area contributed by atoms with Crippen LogP contribution in [-0.2, 0) is 0 Å². The topological polar surface area (TPSA) is 0 Å². The van der Waals surface area contributed by atoms with Crippen LogP contribution in [0.25, 0.3) is 0 Å². The van der Waals surface area contributed by atoms with Gasteiger partial charge < -0.3 is 0 Å². The Morgan fingerprint density at radius 3 is 1.71 bits per heavy atom. The summed E-state index contributed by atoms with van der Waals surface area (Å²) in [6.07, 6.45) is 24.0. The van der Waals surface area contributed by atoms with E-state index in [2.05, 4.69) is 38.2 Å². The lowest BCUT2D eigenvalue weighted by atomic mass is 10.1. The van der Waals surface area contributed by atoms with Gasteiger partial charge in [-0.05, 0) is 19.3 Å². The predicted molar refractivity (Wildman–Crippen MR) is 80.4 cm³/mol. The summed E-state index contributed by atoms with van der Waals surface area (Å²) in [5, 5.41) is 0. The molecule has 0 unspecified atom stereocenters. The van der Waals surface area contributed by atoms with Gasteiger partial charge in [-0.15, -0.1) is 0 Å². The van der Waals surface area contributed by atoms with Crippen molar-refractivity contribution in [3.8, 4) is 0 Å². The van der Waals surface area contributed by atoms with E-state index in [9.17, 15) is 0 Å². The van der Waals surface area contributed by atoms with Gasteiger partial charge in [-0.2, -0.15) is 0 Å². The fourth-order valence-corrected chi connectivity index (χ4v) is 1.96. The molecule has 0 atom stereocenters. The molecular weight excluding hydrogens is 204 g/mol. The number of rotatable bonds is 12. The molecule has 0 aromatic rings. The summed E-state index contributed by atoms with van der Waals surface area (Å²) in [5.74, 6) is 0. The Bertz CT molecular complexity index is 176. The molecule has 0 N–H and O–H groups in total. The van der Waals surface area contributed by atoms with Crippen LogP contribution in [0.15, 0.2) is 24.3 Å². The zero-order chi connectivity index (χ0) is 12.6. The van der Waals surface area contributed by atoms with Gasteiger partial charge in [-0.1, -0.05) is 89.5 Å². The van der Waals surface area contributed by atoms with Crippen LogP contribution in [0.4, 0.5) is 0 Å². The van der Waals surface area contributed by atoms with E-state index in [1.165, 1.54) is 64.2 Å². The zero-order valence-corrected chi connectivity index (χ0v) is 12.1. The second-order valence-corrected chi connectivity index (χ2v) is 4.88. The lowest BCUT2D eigenvalue weighted by Crippen LogP contribution is -1.80. The Hall–Kier alpha value is -0.520. The van der Waals surface area contributed by atoms with Crippen molar-refractivity contribution >= 4 is 0 Å². The molecule has 0 aromatic carbocycles. The van der Waals surface area contributed by atoms with Crippen molar-refractivity contribution in [3.05, 3.63) is 24.3 Å². The van der Waals surface area contributed by atoms with Gasteiger partial charge in [-0.25, -0.2) is 0 Å². The van der Waals surface area contributed by atoms with Crippen LogP contribution in [-0.4, -0.2) is 0 Å². The van der Waals surface area contributed by atoms with Gasteiger partial charge >= 0.3 is 0 Å². The molecule has 0 aromatic heterocycles. The van der Waals surface area contributed by atoms with E-state index in [4.69, 9.17) is 0 Å². The SMILES string of the molecule is CC/C=C/C=C/CCCCCCCCCCC. The fourth-order valence-electron chi connectivity index (χ4n) is 1.96. The van der Waals surface area contributed by atoms with E-state index < -0.39 is 0 Å². The van der Waals surface area contributed by atoms with E-state index >= 15 is 0 Å². The smallest absolute Gasteiger partial charge is 0.0348 e. The lowest BCUT2D eigenvalue weighted by Gasteiger charge is -2.00. The van der Waals surface area contributed by atoms with Gasteiger partial charge in [0.2, 0.25) is 0 Å². The maximum atomic E-state index is 2.30. The van der Waals surface area contributed by atoms with Crippen molar-refractivity contribution in [1.82, 2.24) is 0 Å². The van der Waals surface area contributed by atoms with Crippen molar-refractivity contribution < 1.29 is 0 Å². The minimum Gasteiger partial charge on any atom is -0.0848 e. The normalized spacial score (nSPS) is 11.9. The number of allylic oxidation sites excluding steroid dienone is 4. The van der Waals surface area contributed by atoms with Crippen molar-refractivity contribution in [3.63, 3.8) is 0 Å². The molecule has 17 heavy (non-hydrogen) atoms. The van der Waals surface area contributed by atoms with E-state index in [0.29, 0.717) is 0 Å². The first-order valence-corrected chi connectivity index (χ1v) is 7.73. The van der Waals surface area contributed by atoms with Crippen molar-refractivity contribution in [1.29, 1.82) is 0 Å². The van der Waals surface area contributed by atoms with Crippen molar-refractivity contribution in [2.75, 3.05) is 0 Å². The molecule has 0 rings (SSSR count). The van der Waals surface area contributed by atoms with Crippen LogP contribution in [0.3, 0.4) is 0 Å². The van der Waals surface area contributed by atoms with Crippen LogP contribution < -0.4 is 0 Å². The minimum absolute atomic E-state index is 1.14. The summed E-state index contributed by atoms with van der Waals surface area (Å²) < 4.78 is 0. The van der Waals surface area contributed by atoms with E-state index in [1.54, 1.807) is 0 Å². The first-order chi connectivity index (χ1) is 8.41.